The van der Waals surface area contributed by atoms with Gasteiger partial charge in [0.05, 0.1) is 18.2 Å². The number of H-pyrrole nitrogens is 1. The maximum Gasteiger partial charge on any atom is 0.328 e. The molecule has 3 atom stereocenters. The van der Waals surface area contributed by atoms with Gasteiger partial charge < -0.3 is 14.6 Å². The summed E-state index contributed by atoms with van der Waals surface area (Å²) >= 11 is 0. The van der Waals surface area contributed by atoms with Crippen LogP contribution in [0.25, 0.3) is 11.4 Å². The molecule has 2 aromatic rings. The second-order valence-electron chi connectivity index (χ2n) is 8.34. The largest absolute Gasteiger partial charge is 0.372 e. The number of urea groups is 1. The normalized spacial score (nSPS) is 26.6. The highest BCUT2D eigenvalue weighted by Crippen LogP contribution is 2.47. The van der Waals surface area contributed by atoms with Crippen molar-refractivity contribution in [2.75, 3.05) is 11.4 Å². The van der Waals surface area contributed by atoms with Gasteiger partial charge in [-0.25, -0.2) is 13.6 Å². The Hall–Kier alpha value is -3.41. The first kappa shape index (κ1) is 20.5. The SMILES string of the molecule is C[C@@H]1CN2c3ccc(-c4nnc(C(F)F)[nH]4)cc3CC3(C(=O)NC(=O)NC3=O)[C@H]2[C@H](C)O1. The minimum atomic E-state index is -2.79. The molecule has 2 saturated heterocycles. The van der Waals surface area contributed by atoms with Crippen LogP contribution in [-0.4, -0.2) is 57.8 Å². The second-order valence-corrected chi connectivity index (χ2v) is 8.34. The summed E-state index contributed by atoms with van der Waals surface area (Å²) in [6.45, 7) is 4.12. The summed E-state index contributed by atoms with van der Waals surface area (Å²) < 4.78 is 31.8. The average Bonchev–Trinajstić information content (AvgIpc) is 3.21. The predicted octanol–water partition coefficient (Wildman–Crippen LogP) is 1.30. The fourth-order valence-electron chi connectivity index (χ4n) is 5.10. The summed E-state index contributed by atoms with van der Waals surface area (Å²) in [4.78, 5) is 42.5. The minimum absolute atomic E-state index is 0.000207. The van der Waals surface area contributed by atoms with E-state index >= 15 is 0 Å². The maximum absolute atomic E-state index is 13.1. The minimum Gasteiger partial charge on any atom is -0.372 e. The van der Waals surface area contributed by atoms with Gasteiger partial charge in [-0.3, -0.25) is 20.2 Å². The Balaban J connectivity index is 1.64. The molecular weight excluding hydrogens is 426 g/mol. The Kier molecular flexibility index (Phi) is 4.52. The molecule has 10 nitrogen and oxygen atoms in total. The van der Waals surface area contributed by atoms with Gasteiger partial charge in [0.1, 0.15) is 0 Å². The number of barbiturate groups is 1. The number of fused-ring (bicyclic) bond motifs is 4. The first-order valence-electron chi connectivity index (χ1n) is 10.1. The number of hydrogen-bond donors (Lipinski definition) is 3. The number of hydrogen-bond acceptors (Lipinski definition) is 7. The number of aromatic amines is 1. The van der Waals surface area contributed by atoms with Crippen LogP contribution in [0.5, 0.6) is 0 Å². The van der Waals surface area contributed by atoms with Crippen LogP contribution in [0.15, 0.2) is 18.2 Å². The van der Waals surface area contributed by atoms with Crippen LogP contribution >= 0.6 is 0 Å². The monoisotopic (exact) mass is 446 g/mol. The van der Waals surface area contributed by atoms with Crippen LogP contribution in [0.2, 0.25) is 0 Å². The molecule has 1 aromatic heterocycles. The number of anilines is 1. The first-order chi connectivity index (χ1) is 15.2. The number of rotatable bonds is 2. The summed E-state index contributed by atoms with van der Waals surface area (Å²) in [5, 5.41) is 11.7. The number of nitrogens with one attached hydrogen (secondary N) is 3. The van der Waals surface area contributed by atoms with Gasteiger partial charge in [0.2, 0.25) is 11.8 Å². The third kappa shape index (κ3) is 2.89. The summed E-state index contributed by atoms with van der Waals surface area (Å²) in [6.07, 6.45) is -3.43. The standard InChI is InChI=1S/C20H20F2N6O4/c1-8-7-28-12-4-3-10(15-23-16(14(21)22)27-26-15)5-11(12)6-20(13(28)9(2)32-8)17(29)24-19(31)25-18(20)30/h3-5,8-9,13-14H,6-7H2,1-2H3,(H,23,26,27)(H2,24,25,29,30,31)/t8-,9+,13-/m1/s1. The Morgan fingerprint density at radius 3 is 2.53 bits per heavy atom. The van der Waals surface area contributed by atoms with Crippen molar-refractivity contribution in [3.05, 3.63) is 29.6 Å². The number of amides is 4. The fourth-order valence-corrected chi connectivity index (χ4v) is 5.10. The average molecular weight is 446 g/mol. The van der Waals surface area contributed by atoms with E-state index in [1.54, 1.807) is 19.1 Å². The number of imide groups is 2. The lowest BCUT2D eigenvalue weighted by Crippen LogP contribution is -2.75. The Morgan fingerprint density at radius 1 is 1.16 bits per heavy atom. The molecule has 0 saturated carbocycles. The number of aromatic nitrogens is 3. The van der Waals surface area contributed by atoms with Crippen LogP contribution in [0.3, 0.4) is 0 Å². The molecule has 1 aromatic carbocycles. The van der Waals surface area contributed by atoms with Crippen molar-refractivity contribution in [3.63, 3.8) is 0 Å². The zero-order chi connectivity index (χ0) is 22.8. The molecule has 12 heteroatoms. The predicted molar refractivity (Wildman–Crippen MR) is 106 cm³/mol. The molecule has 4 heterocycles. The summed E-state index contributed by atoms with van der Waals surface area (Å²) in [6, 6.07) is 3.73. The van der Waals surface area contributed by atoms with Crippen molar-refractivity contribution in [3.8, 4) is 11.4 Å². The molecule has 5 rings (SSSR count). The smallest absolute Gasteiger partial charge is 0.328 e. The molecule has 3 aliphatic rings. The van der Waals surface area contributed by atoms with Crippen LogP contribution < -0.4 is 15.5 Å². The van der Waals surface area contributed by atoms with E-state index in [0.29, 0.717) is 17.7 Å². The zero-order valence-electron chi connectivity index (χ0n) is 17.2. The van der Waals surface area contributed by atoms with Crippen molar-refractivity contribution < 1.29 is 27.9 Å². The van der Waals surface area contributed by atoms with Gasteiger partial charge in [-0.05, 0) is 44.0 Å². The van der Waals surface area contributed by atoms with E-state index in [1.807, 2.05) is 17.9 Å². The Morgan fingerprint density at radius 2 is 1.88 bits per heavy atom. The van der Waals surface area contributed by atoms with Crippen molar-refractivity contribution in [2.45, 2.75) is 44.9 Å². The van der Waals surface area contributed by atoms with Gasteiger partial charge >= 0.3 is 6.03 Å². The molecule has 2 fully saturated rings. The molecule has 168 valence electrons. The van der Waals surface area contributed by atoms with E-state index in [9.17, 15) is 23.2 Å². The van der Waals surface area contributed by atoms with Gasteiger partial charge in [0, 0.05) is 17.8 Å². The first-order valence-corrected chi connectivity index (χ1v) is 10.1. The van der Waals surface area contributed by atoms with Gasteiger partial charge in [-0.15, -0.1) is 10.2 Å². The number of nitrogens with zero attached hydrogens (tertiary/aromatic N) is 3. The lowest BCUT2D eigenvalue weighted by atomic mass is 9.66. The third-order valence-corrected chi connectivity index (χ3v) is 6.29. The maximum atomic E-state index is 13.1. The third-order valence-electron chi connectivity index (χ3n) is 6.29. The van der Waals surface area contributed by atoms with Crippen molar-refractivity contribution in [1.29, 1.82) is 0 Å². The van der Waals surface area contributed by atoms with Crippen molar-refractivity contribution >= 4 is 23.5 Å². The molecule has 4 amide bonds. The Bertz CT molecular complexity index is 1120. The molecule has 32 heavy (non-hydrogen) atoms. The lowest BCUT2D eigenvalue weighted by Gasteiger charge is -2.55. The van der Waals surface area contributed by atoms with Gasteiger partial charge in [0.15, 0.2) is 17.1 Å². The highest BCUT2D eigenvalue weighted by molar-refractivity contribution is 6.20. The summed E-state index contributed by atoms with van der Waals surface area (Å²) in [5.74, 6) is -1.78. The highest BCUT2D eigenvalue weighted by atomic mass is 19.3. The molecule has 0 radical (unpaired) electrons. The Labute approximate surface area is 180 Å². The molecule has 3 aliphatic heterocycles. The lowest BCUT2D eigenvalue weighted by molar-refractivity contribution is -0.153. The van der Waals surface area contributed by atoms with E-state index in [2.05, 4.69) is 25.8 Å². The number of carbonyl (C=O) groups is 3. The zero-order valence-corrected chi connectivity index (χ0v) is 17.2. The molecule has 0 bridgehead atoms. The molecule has 0 unspecified atom stereocenters. The van der Waals surface area contributed by atoms with E-state index in [1.165, 1.54) is 0 Å². The van der Waals surface area contributed by atoms with Crippen molar-refractivity contribution in [1.82, 2.24) is 25.8 Å². The van der Waals surface area contributed by atoms with Crippen LogP contribution in [-0.2, 0) is 20.7 Å². The number of ether oxygens (including phenoxy) is 1. The highest BCUT2D eigenvalue weighted by Gasteiger charge is 2.62. The summed E-state index contributed by atoms with van der Waals surface area (Å²) in [5.41, 5.74) is 0.334. The quantitative estimate of drug-likeness (QED) is 0.593. The molecular formula is C20H20F2N6O4. The molecule has 3 N–H and O–H groups in total. The van der Waals surface area contributed by atoms with Crippen LogP contribution in [0.1, 0.15) is 31.7 Å². The number of morpholine rings is 1. The van der Waals surface area contributed by atoms with E-state index in [4.69, 9.17) is 4.74 Å². The van der Waals surface area contributed by atoms with Gasteiger partial charge in [-0.2, -0.15) is 0 Å². The summed E-state index contributed by atoms with van der Waals surface area (Å²) in [7, 11) is 0. The van der Waals surface area contributed by atoms with E-state index < -0.39 is 47.7 Å². The number of halogens is 2. The topological polar surface area (TPSA) is 129 Å². The fraction of sp³-hybridized carbons (Fsp3) is 0.450. The van der Waals surface area contributed by atoms with Crippen LogP contribution in [0.4, 0.5) is 19.3 Å². The second kappa shape index (κ2) is 7.05. The number of alkyl halides is 2. The van der Waals surface area contributed by atoms with Gasteiger partial charge in [0.25, 0.3) is 6.43 Å². The van der Waals surface area contributed by atoms with E-state index in [0.717, 1.165) is 5.69 Å². The van der Waals surface area contributed by atoms with Gasteiger partial charge in [-0.1, -0.05) is 0 Å². The van der Waals surface area contributed by atoms with Crippen molar-refractivity contribution in [2.24, 2.45) is 5.41 Å². The van der Waals surface area contributed by atoms with Crippen LogP contribution in [0, 0.1) is 5.41 Å². The van der Waals surface area contributed by atoms with E-state index in [-0.39, 0.29) is 18.3 Å². The molecule has 0 aliphatic carbocycles. The molecule has 1 spiro atoms. The number of carbonyl (C=O) groups excluding carboxylic acids is 3. The number of benzene rings is 1.